The first-order chi connectivity index (χ1) is 8.92. The van der Waals surface area contributed by atoms with Crippen LogP contribution in [-0.4, -0.2) is 46.3 Å². The number of aryl methyl sites for hydroxylation is 1. The smallest absolute Gasteiger partial charge is 0.221 e. The van der Waals surface area contributed by atoms with E-state index in [4.69, 9.17) is 5.73 Å². The highest BCUT2D eigenvalue weighted by Gasteiger charge is 2.18. The van der Waals surface area contributed by atoms with E-state index in [2.05, 4.69) is 15.3 Å². The van der Waals surface area contributed by atoms with Gasteiger partial charge in [0.1, 0.15) is 0 Å². The molecule has 1 unspecified atom stereocenters. The Morgan fingerprint density at radius 3 is 2.74 bits per heavy atom. The molecule has 108 valence electrons. The van der Waals surface area contributed by atoms with Crippen LogP contribution < -0.4 is 11.1 Å². The lowest BCUT2D eigenvalue weighted by molar-refractivity contribution is -0.122. The summed E-state index contributed by atoms with van der Waals surface area (Å²) in [6, 6.07) is 0.202. The number of aromatic nitrogens is 2. The van der Waals surface area contributed by atoms with E-state index in [1.807, 2.05) is 40.3 Å². The molecular formula is C13H25N5O. The minimum atomic E-state index is 0.0407. The zero-order valence-electron chi connectivity index (χ0n) is 12.3. The highest BCUT2D eigenvalue weighted by molar-refractivity contribution is 5.76. The molecule has 0 bridgehead atoms. The van der Waals surface area contributed by atoms with Gasteiger partial charge in [-0.2, -0.15) is 5.10 Å². The van der Waals surface area contributed by atoms with Gasteiger partial charge < -0.3 is 11.1 Å². The van der Waals surface area contributed by atoms with Crippen molar-refractivity contribution in [2.24, 2.45) is 12.8 Å². The molecule has 1 amide bonds. The minimum absolute atomic E-state index is 0.0407. The summed E-state index contributed by atoms with van der Waals surface area (Å²) in [5.74, 6) is 0.0449. The van der Waals surface area contributed by atoms with E-state index in [1.54, 1.807) is 4.68 Å². The van der Waals surface area contributed by atoms with E-state index in [0.29, 0.717) is 13.0 Å². The Balaban J connectivity index is 2.51. The molecular weight excluding hydrogens is 242 g/mol. The molecule has 0 aliphatic carbocycles. The molecule has 0 saturated carbocycles. The molecule has 3 N–H and O–H groups in total. The van der Waals surface area contributed by atoms with Crippen LogP contribution in [0.25, 0.3) is 0 Å². The van der Waals surface area contributed by atoms with Crippen LogP contribution >= 0.6 is 0 Å². The van der Waals surface area contributed by atoms with E-state index in [1.165, 1.54) is 0 Å². The van der Waals surface area contributed by atoms with Crippen molar-refractivity contribution < 1.29 is 4.79 Å². The van der Waals surface area contributed by atoms with Gasteiger partial charge in [0.05, 0.1) is 6.20 Å². The largest absolute Gasteiger partial charge is 0.354 e. The summed E-state index contributed by atoms with van der Waals surface area (Å²) in [7, 11) is 3.87. The second kappa shape index (κ2) is 7.25. The van der Waals surface area contributed by atoms with Gasteiger partial charge in [0, 0.05) is 50.4 Å². The number of carbonyl (C=O) groups is 1. The zero-order valence-corrected chi connectivity index (χ0v) is 12.3. The molecule has 0 aliphatic heterocycles. The lowest BCUT2D eigenvalue weighted by atomic mass is 10.1. The Bertz CT molecular complexity index is 401. The lowest BCUT2D eigenvalue weighted by Crippen LogP contribution is -2.42. The van der Waals surface area contributed by atoms with Crippen LogP contribution in [-0.2, 0) is 18.4 Å². The van der Waals surface area contributed by atoms with Crippen LogP contribution in [0.2, 0.25) is 0 Å². The molecule has 19 heavy (non-hydrogen) atoms. The normalized spacial score (nSPS) is 13.0. The third-order valence-corrected chi connectivity index (χ3v) is 2.96. The maximum atomic E-state index is 11.8. The third-order valence-electron chi connectivity index (χ3n) is 2.96. The monoisotopic (exact) mass is 267 g/mol. The maximum absolute atomic E-state index is 11.8. The van der Waals surface area contributed by atoms with Gasteiger partial charge in [-0.1, -0.05) is 0 Å². The van der Waals surface area contributed by atoms with E-state index < -0.39 is 0 Å². The SMILES string of the molecule is CC(C)NC(=O)CC(CN)N(C)Cc1cnn(C)c1. The van der Waals surface area contributed by atoms with Crippen molar-refractivity contribution >= 4 is 5.91 Å². The summed E-state index contributed by atoms with van der Waals surface area (Å²) in [5, 5.41) is 7.03. The minimum Gasteiger partial charge on any atom is -0.354 e. The van der Waals surface area contributed by atoms with E-state index in [-0.39, 0.29) is 18.0 Å². The molecule has 1 atom stereocenters. The van der Waals surface area contributed by atoms with Crippen LogP contribution in [0.1, 0.15) is 25.8 Å². The predicted molar refractivity (Wildman–Crippen MR) is 75.4 cm³/mol. The molecule has 1 aromatic rings. The van der Waals surface area contributed by atoms with Crippen molar-refractivity contribution in [3.63, 3.8) is 0 Å². The van der Waals surface area contributed by atoms with E-state index >= 15 is 0 Å². The van der Waals surface area contributed by atoms with E-state index in [0.717, 1.165) is 12.1 Å². The van der Waals surface area contributed by atoms with Crippen molar-refractivity contribution in [2.45, 2.75) is 38.9 Å². The number of likely N-dealkylation sites (N-methyl/N-ethyl adjacent to an activating group) is 1. The summed E-state index contributed by atoms with van der Waals surface area (Å²) in [6.45, 7) is 5.11. The number of amides is 1. The second-order valence-corrected chi connectivity index (χ2v) is 5.25. The van der Waals surface area contributed by atoms with Gasteiger partial charge in [-0.05, 0) is 20.9 Å². The summed E-state index contributed by atoms with van der Waals surface area (Å²) in [6.07, 6.45) is 4.22. The third kappa shape index (κ3) is 5.40. The van der Waals surface area contributed by atoms with Gasteiger partial charge in [0.25, 0.3) is 0 Å². The molecule has 0 aliphatic rings. The summed E-state index contributed by atoms with van der Waals surface area (Å²) in [4.78, 5) is 13.9. The van der Waals surface area contributed by atoms with Crippen molar-refractivity contribution in [3.8, 4) is 0 Å². The summed E-state index contributed by atoms with van der Waals surface area (Å²) >= 11 is 0. The molecule has 1 aromatic heterocycles. The van der Waals surface area contributed by atoms with Crippen LogP contribution in [0.4, 0.5) is 0 Å². The average molecular weight is 267 g/mol. The van der Waals surface area contributed by atoms with Gasteiger partial charge in [0.2, 0.25) is 5.91 Å². The lowest BCUT2D eigenvalue weighted by Gasteiger charge is -2.26. The number of nitrogens with two attached hydrogens (primary N) is 1. The Morgan fingerprint density at radius 1 is 1.58 bits per heavy atom. The predicted octanol–water partition coefficient (Wildman–Crippen LogP) is 0.0939. The number of hydrogen-bond acceptors (Lipinski definition) is 4. The zero-order chi connectivity index (χ0) is 14.4. The Kier molecular flexibility index (Phi) is 5.98. The summed E-state index contributed by atoms with van der Waals surface area (Å²) < 4.78 is 1.77. The highest BCUT2D eigenvalue weighted by atomic mass is 16.1. The standard InChI is InChI=1S/C13H25N5O/c1-10(2)16-13(19)5-12(6-14)17(3)8-11-7-15-18(4)9-11/h7,9-10,12H,5-6,8,14H2,1-4H3,(H,16,19). The highest BCUT2D eigenvalue weighted by Crippen LogP contribution is 2.07. The van der Waals surface area contributed by atoms with Gasteiger partial charge >= 0.3 is 0 Å². The molecule has 0 radical (unpaired) electrons. The van der Waals surface area contributed by atoms with Gasteiger partial charge in [0.15, 0.2) is 0 Å². The van der Waals surface area contributed by atoms with Crippen LogP contribution in [0.15, 0.2) is 12.4 Å². The first kappa shape index (κ1) is 15.7. The van der Waals surface area contributed by atoms with Gasteiger partial charge in [-0.25, -0.2) is 0 Å². The molecule has 0 aromatic carbocycles. The van der Waals surface area contributed by atoms with Crippen molar-refractivity contribution in [3.05, 3.63) is 18.0 Å². The van der Waals surface area contributed by atoms with Gasteiger partial charge in [-0.15, -0.1) is 0 Å². The molecule has 6 nitrogen and oxygen atoms in total. The molecule has 6 heteroatoms. The molecule has 1 heterocycles. The molecule has 0 saturated heterocycles. The number of nitrogens with zero attached hydrogens (tertiary/aromatic N) is 3. The number of hydrogen-bond donors (Lipinski definition) is 2. The fourth-order valence-electron chi connectivity index (χ4n) is 1.98. The quantitative estimate of drug-likeness (QED) is 0.734. The average Bonchev–Trinajstić information content (AvgIpc) is 2.70. The Morgan fingerprint density at radius 2 is 2.26 bits per heavy atom. The van der Waals surface area contributed by atoms with Crippen LogP contribution in [0.5, 0.6) is 0 Å². The molecule has 0 spiro atoms. The number of nitrogens with one attached hydrogen (secondary N) is 1. The first-order valence-corrected chi connectivity index (χ1v) is 6.59. The van der Waals surface area contributed by atoms with Crippen LogP contribution in [0, 0.1) is 0 Å². The van der Waals surface area contributed by atoms with Crippen molar-refractivity contribution in [1.82, 2.24) is 20.0 Å². The molecule has 1 rings (SSSR count). The summed E-state index contributed by atoms with van der Waals surface area (Å²) in [5.41, 5.74) is 6.89. The van der Waals surface area contributed by atoms with Crippen molar-refractivity contribution in [1.29, 1.82) is 0 Å². The number of carbonyl (C=O) groups excluding carboxylic acids is 1. The van der Waals surface area contributed by atoms with Gasteiger partial charge in [-0.3, -0.25) is 14.4 Å². The Labute approximate surface area is 114 Å². The van der Waals surface area contributed by atoms with Crippen molar-refractivity contribution in [2.75, 3.05) is 13.6 Å². The Hall–Kier alpha value is -1.40. The fraction of sp³-hybridized carbons (Fsp3) is 0.692. The number of rotatable bonds is 7. The maximum Gasteiger partial charge on any atom is 0.221 e. The van der Waals surface area contributed by atoms with Crippen LogP contribution in [0.3, 0.4) is 0 Å². The first-order valence-electron chi connectivity index (χ1n) is 6.59. The fourth-order valence-corrected chi connectivity index (χ4v) is 1.98. The van der Waals surface area contributed by atoms with E-state index in [9.17, 15) is 4.79 Å². The topological polar surface area (TPSA) is 76.2 Å². The second-order valence-electron chi connectivity index (χ2n) is 5.25. The molecule has 0 fully saturated rings.